The first-order chi connectivity index (χ1) is 16.0. The normalized spacial score (nSPS) is 14.5. The lowest BCUT2D eigenvalue weighted by atomic mass is 10.1. The maximum Gasteiger partial charge on any atom is 0.250 e. The molecule has 4 aromatic rings. The molecule has 1 aliphatic heterocycles. The predicted molar refractivity (Wildman–Crippen MR) is 127 cm³/mol. The van der Waals surface area contributed by atoms with Crippen molar-refractivity contribution in [2.75, 3.05) is 13.1 Å². The Morgan fingerprint density at radius 2 is 1.48 bits per heavy atom. The fourth-order valence-corrected chi connectivity index (χ4v) is 5.66. The maximum absolute atomic E-state index is 13.0. The van der Waals surface area contributed by atoms with Crippen LogP contribution in [-0.4, -0.2) is 40.2 Å². The van der Waals surface area contributed by atoms with E-state index >= 15 is 0 Å². The fourth-order valence-electron chi connectivity index (χ4n) is 4.12. The smallest absolute Gasteiger partial charge is 0.250 e. The molecule has 0 saturated carbocycles. The van der Waals surface area contributed by atoms with Gasteiger partial charge in [0, 0.05) is 42.7 Å². The molecule has 0 amide bonds. The highest BCUT2D eigenvalue weighted by atomic mass is 32.2. The number of rotatable bonds is 6. The van der Waals surface area contributed by atoms with Gasteiger partial charge in [-0.3, -0.25) is 4.79 Å². The van der Waals surface area contributed by atoms with E-state index in [1.165, 1.54) is 27.2 Å². The Labute approximate surface area is 192 Å². The molecule has 0 unspecified atom stereocenters. The first-order valence-corrected chi connectivity index (χ1v) is 12.4. The van der Waals surface area contributed by atoms with Crippen molar-refractivity contribution in [2.45, 2.75) is 24.3 Å². The Kier molecular flexibility index (Phi) is 5.70. The molecule has 0 N–H and O–H groups in total. The van der Waals surface area contributed by atoms with E-state index in [0.29, 0.717) is 13.1 Å². The number of para-hydroxylation sites is 1. The molecule has 8 heteroatoms. The summed E-state index contributed by atoms with van der Waals surface area (Å²) in [5, 5.41) is 4.79. The Balaban J connectivity index is 1.56. The zero-order chi connectivity index (χ0) is 22.8. The van der Waals surface area contributed by atoms with Crippen LogP contribution < -0.4 is 5.56 Å². The summed E-state index contributed by atoms with van der Waals surface area (Å²) in [6.07, 6.45) is 5.06. The minimum atomic E-state index is -3.62. The standard InChI is InChI=1S/C25H24N4O3S/c30-24-14-13-23(33(31,32)28-15-7-8-16-28)19-27(24)17-21-18-29(22-11-5-2-6-12-22)26-25(21)20-9-3-1-4-10-20/h1-6,9-14,18-19H,7-8,15-17H2. The van der Waals surface area contributed by atoms with Crippen LogP contribution in [0.25, 0.3) is 16.9 Å². The third kappa shape index (κ3) is 4.27. The summed E-state index contributed by atoms with van der Waals surface area (Å²) in [5.41, 5.74) is 3.14. The van der Waals surface area contributed by atoms with E-state index in [4.69, 9.17) is 5.10 Å². The average molecular weight is 461 g/mol. The van der Waals surface area contributed by atoms with Gasteiger partial charge in [0.1, 0.15) is 0 Å². The summed E-state index contributed by atoms with van der Waals surface area (Å²) in [6.45, 7) is 1.24. The third-order valence-electron chi connectivity index (χ3n) is 5.86. The molecule has 168 valence electrons. The summed E-state index contributed by atoms with van der Waals surface area (Å²) < 4.78 is 30.8. The molecule has 2 aromatic carbocycles. The Hall–Kier alpha value is -3.49. The maximum atomic E-state index is 13.0. The van der Waals surface area contributed by atoms with E-state index in [1.54, 1.807) is 4.68 Å². The summed E-state index contributed by atoms with van der Waals surface area (Å²) in [6, 6.07) is 22.2. The number of hydrogen-bond acceptors (Lipinski definition) is 4. The lowest BCUT2D eigenvalue weighted by Crippen LogP contribution is -2.29. The number of benzene rings is 2. The molecule has 5 rings (SSSR count). The average Bonchev–Trinajstić information content (AvgIpc) is 3.53. The van der Waals surface area contributed by atoms with Crippen LogP contribution >= 0.6 is 0 Å². The van der Waals surface area contributed by atoms with E-state index in [0.717, 1.165) is 35.3 Å². The summed E-state index contributed by atoms with van der Waals surface area (Å²) in [7, 11) is -3.62. The van der Waals surface area contributed by atoms with Crippen molar-refractivity contribution in [3.05, 3.63) is 101 Å². The summed E-state index contributed by atoms with van der Waals surface area (Å²) in [4.78, 5) is 12.8. The molecule has 0 radical (unpaired) electrons. The molecule has 0 aliphatic carbocycles. The molecule has 3 heterocycles. The van der Waals surface area contributed by atoms with Gasteiger partial charge in [-0.25, -0.2) is 13.1 Å². The van der Waals surface area contributed by atoms with Gasteiger partial charge in [-0.2, -0.15) is 9.40 Å². The molecule has 33 heavy (non-hydrogen) atoms. The lowest BCUT2D eigenvalue weighted by molar-refractivity contribution is 0.476. The van der Waals surface area contributed by atoms with E-state index < -0.39 is 10.0 Å². The lowest BCUT2D eigenvalue weighted by Gasteiger charge is -2.16. The van der Waals surface area contributed by atoms with Crippen molar-refractivity contribution in [2.24, 2.45) is 0 Å². The van der Waals surface area contributed by atoms with Crippen LogP contribution in [0.15, 0.2) is 94.9 Å². The molecule has 2 aromatic heterocycles. The molecule has 1 saturated heterocycles. The van der Waals surface area contributed by atoms with Gasteiger partial charge >= 0.3 is 0 Å². The molecule has 0 atom stereocenters. The topological polar surface area (TPSA) is 77.2 Å². The van der Waals surface area contributed by atoms with Crippen molar-refractivity contribution >= 4 is 10.0 Å². The van der Waals surface area contributed by atoms with Gasteiger partial charge < -0.3 is 4.57 Å². The van der Waals surface area contributed by atoms with Crippen LogP contribution in [0.2, 0.25) is 0 Å². The van der Waals surface area contributed by atoms with Gasteiger partial charge in [-0.05, 0) is 31.0 Å². The second-order valence-electron chi connectivity index (χ2n) is 8.09. The summed E-state index contributed by atoms with van der Waals surface area (Å²) >= 11 is 0. The van der Waals surface area contributed by atoms with E-state index in [2.05, 4.69) is 0 Å². The van der Waals surface area contributed by atoms with Crippen LogP contribution in [-0.2, 0) is 16.6 Å². The first kappa shape index (κ1) is 21.4. The third-order valence-corrected chi connectivity index (χ3v) is 7.74. The number of nitrogens with zero attached hydrogens (tertiary/aromatic N) is 4. The molecule has 1 fully saturated rings. The number of pyridine rings is 1. The molecule has 0 bridgehead atoms. The van der Waals surface area contributed by atoms with Crippen molar-refractivity contribution in [3.8, 4) is 16.9 Å². The number of aromatic nitrogens is 3. The Bertz CT molecular complexity index is 1420. The molecular formula is C25H24N4O3S. The number of sulfonamides is 1. The van der Waals surface area contributed by atoms with Crippen LogP contribution in [0, 0.1) is 0 Å². The highest BCUT2D eigenvalue weighted by Gasteiger charge is 2.27. The van der Waals surface area contributed by atoms with Crippen molar-refractivity contribution < 1.29 is 8.42 Å². The SMILES string of the molecule is O=c1ccc(S(=O)(=O)N2CCCC2)cn1Cc1cn(-c2ccccc2)nc1-c1ccccc1. The number of hydrogen-bond donors (Lipinski definition) is 0. The van der Waals surface area contributed by atoms with Crippen molar-refractivity contribution in [1.82, 2.24) is 18.7 Å². The fraction of sp³-hybridized carbons (Fsp3) is 0.200. The van der Waals surface area contributed by atoms with Gasteiger partial charge in [0.2, 0.25) is 10.0 Å². The van der Waals surface area contributed by atoms with Gasteiger partial charge in [-0.1, -0.05) is 48.5 Å². The highest BCUT2D eigenvalue weighted by molar-refractivity contribution is 7.89. The van der Waals surface area contributed by atoms with Crippen molar-refractivity contribution in [3.63, 3.8) is 0 Å². The predicted octanol–water partition coefficient (Wildman–Crippen LogP) is 3.53. The minimum Gasteiger partial charge on any atom is -0.310 e. The summed E-state index contributed by atoms with van der Waals surface area (Å²) in [5.74, 6) is 0. The zero-order valence-corrected chi connectivity index (χ0v) is 18.9. The highest BCUT2D eigenvalue weighted by Crippen LogP contribution is 2.25. The van der Waals surface area contributed by atoms with Gasteiger partial charge in [0.25, 0.3) is 5.56 Å². The zero-order valence-electron chi connectivity index (χ0n) is 18.0. The first-order valence-electron chi connectivity index (χ1n) is 10.9. The quantitative estimate of drug-likeness (QED) is 0.441. The monoisotopic (exact) mass is 460 g/mol. The van der Waals surface area contributed by atoms with Gasteiger partial charge in [0.05, 0.1) is 22.8 Å². The second-order valence-corrected chi connectivity index (χ2v) is 10.0. The Morgan fingerprint density at radius 1 is 0.818 bits per heavy atom. The second kappa shape index (κ2) is 8.80. The van der Waals surface area contributed by atoms with E-state index in [1.807, 2.05) is 66.9 Å². The van der Waals surface area contributed by atoms with Gasteiger partial charge in [0.15, 0.2) is 0 Å². The van der Waals surface area contributed by atoms with E-state index in [9.17, 15) is 13.2 Å². The molecular weight excluding hydrogens is 436 g/mol. The van der Waals surface area contributed by atoms with Crippen LogP contribution in [0.3, 0.4) is 0 Å². The van der Waals surface area contributed by atoms with Crippen LogP contribution in [0.1, 0.15) is 18.4 Å². The molecule has 7 nitrogen and oxygen atoms in total. The van der Waals surface area contributed by atoms with Crippen LogP contribution in [0.4, 0.5) is 0 Å². The Morgan fingerprint density at radius 3 is 2.18 bits per heavy atom. The largest absolute Gasteiger partial charge is 0.310 e. The van der Waals surface area contributed by atoms with Gasteiger partial charge in [-0.15, -0.1) is 0 Å². The molecule has 0 spiro atoms. The van der Waals surface area contributed by atoms with Crippen LogP contribution in [0.5, 0.6) is 0 Å². The minimum absolute atomic E-state index is 0.140. The molecule has 1 aliphatic rings. The van der Waals surface area contributed by atoms with E-state index in [-0.39, 0.29) is 17.0 Å². The van der Waals surface area contributed by atoms with Crippen molar-refractivity contribution in [1.29, 1.82) is 0 Å².